The number of ether oxygens (including phenoxy) is 1. The Hall–Kier alpha value is -3.33. The number of quaternary nitrogens is 1. The van der Waals surface area contributed by atoms with E-state index in [1.165, 1.54) is 161 Å². The number of esters is 1. The first-order valence-electron chi connectivity index (χ1n) is 32.8. The molecule has 0 aliphatic heterocycles. The van der Waals surface area contributed by atoms with E-state index in [2.05, 4.69) is 62.5 Å². The Morgan fingerprint density at radius 1 is 0.463 bits per heavy atom. The summed E-state index contributed by atoms with van der Waals surface area (Å²) in [7, 11) is 1.15. The lowest BCUT2D eigenvalue weighted by Gasteiger charge is -2.30. The zero-order chi connectivity index (χ0) is 58.6. The van der Waals surface area contributed by atoms with Crippen LogP contribution in [0.2, 0.25) is 0 Å². The van der Waals surface area contributed by atoms with E-state index in [-0.39, 0.29) is 24.9 Å². The number of carbonyl (C=O) groups is 2. The molecule has 0 aromatic heterocycles. The molecule has 0 aromatic carbocycles. The number of phosphoric acid groups is 1. The number of likely N-dealkylation sites (N-methyl/N-ethyl adjacent to an activating group) is 1. The van der Waals surface area contributed by atoms with Crippen LogP contribution in [0.25, 0.3) is 0 Å². The SMILES string of the molecule is CC\C=C/C=C/C=C/C=C\C=C\C=C\CCCCCC(=O)OC(/C=C\CCCCCCCCCCCC)C(COP(=O)([O-])OCC[N+](C)(C)C)NC(=O)CCCCCCCCCCCCCCCCC/C=C\C/C=C\CCCCC. The molecule has 0 fully saturated rings. The number of allylic oxidation sites excluding steroid dienone is 17. The van der Waals surface area contributed by atoms with Gasteiger partial charge in [-0.1, -0.05) is 285 Å². The maximum absolute atomic E-state index is 13.6. The first kappa shape index (κ1) is 76.7. The number of nitrogens with one attached hydrogen (secondary N) is 1. The molecule has 0 saturated carbocycles. The first-order chi connectivity index (χ1) is 38.9. The lowest BCUT2D eigenvalue weighted by molar-refractivity contribution is -0.870. The highest BCUT2D eigenvalue weighted by atomic mass is 31.2. The van der Waals surface area contributed by atoms with E-state index in [1.807, 2.05) is 94.1 Å². The summed E-state index contributed by atoms with van der Waals surface area (Å²) in [6.45, 7) is 6.65. The number of unbranched alkanes of at least 4 members (excludes halogenated alkanes) is 31. The van der Waals surface area contributed by atoms with Crippen molar-refractivity contribution >= 4 is 19.7 Å². The molecule has 0 radical (unpaired) electrons. The van der Waals surface area contributed by atoms with Gasteiger partial charge in [-0.15, -0.1) is 0 Å². The molecule has 0 aliphatic carbocycles. The van der Waals surface area contributed by atoms with Gasteiger partial charge in [0.15, 0.2) is 0 Å². The summed E-state index contributed by atoms with van der Waals surface area (Å²) in [5.41, 5.74) is 0. The van der Waals surface area contributed by atoms with Crippen LogP contribution in [0.1, 0.15) is 271 Å². The van der Waals surface area contributed by atoms with Gasteiger partial charge in [0.1, 0.15) is 19.3 Å². The molecule has 0 heterocycles. The molecule has 0 bridgehead atoms. The minimum Gasteiger partial charge on any atom is -0.756 e. The van der Waals surface area contributed by atoms with Crippen molar-refractivity contribution in [2.45, 2.75) is 283 Å². The Balaban J connectivity index is 5.18. The van der Waals surface area contributed by atoms with Crippen LogP contribution in [0.5, 0.6) is 0 Å². The fourth-order valence-electron chi connectivity index (χ4n) is 9.05. The van der Waals surface area contributed by atoms with Crippen molar-refractivity contribution in [3.05, 3.63) is 109 Å². The van der Waals surface area contributed by atoms with Crippen LogP contribution in [-0.2, 0) is 27.9 Å². The van der Waals surface area contributed by atoms with Crippen molar-refractivity contribution in [2.75, 3.05) is 40.9 Å². The number of phosphoric ester groups is 1. The topological polar surface area (TPSA) is 114 Å². The average Bonchev–Trinajstić information content (AvgIpc) is 3.42. The first-order valence-corrected chi connectivity index (χ1v) is 34.2. The second-order valence-electron chi connectivity index (χ2n) is 23.0. The van der Waals surface area contributed by atoms with Gasteiger partial charge < -0.3 is 28.5 Å². The van der Waals surface area contributed by atoms with Crippen LogP contribution >= 0.6 is 7.82 Å². The lowest BCUT2D eigenvalue weighted by Crippen LogP contribution is -2.47. The van der Waals surface area contributed by atoms with Gasteiger partial charge in [-0.2, -0.15) is 0 Å². The molecule has 3 unspecified atom stereocenters. The minimum absolute atomic E-state index is 0.0346. The predicted octanol–water partition coefficient (Wildman–Crippen LogP) is 19.9. The molecule has 0 saturated heterocycles. The van der Waals surface area contributed by atoms with Crippen LogP contribution in [0.3, 0.4) is 0 Å². The summed E-state index contributed by atoms with van der Waals surface area (Å²) in [6, 6.07) is -0.913. The summed E-state index contributed by atoms with van der Waals surface area (Å²) in [4.78, 5) is 40.0. The number of amides is 1. The summed E-state index contributed by atoms with van der Waals surface area (Å²) in [5, 5.41) is 3.02. The Kier molecular flexibility index (Phi) is 56.4. The minimum atomic E-state index is -4.72. The quantitative estimate of drug-likeness (QED) is 0.0161. The van der Waals surface area contributed by atoms with Gasteiger partial charge in [-0.05, 0) is 83.1 Å². The fourth-order valence-corrected chi connectivity index (χ4v) is 9.78. The molecule has 9 nitrogen and oxygen atoms in total. The number of nitrogens with zero attached hydrogens (tertiary/aromatic N) is 1. The van der Waals surface area contributed by atoms with Crippen LogP contribution in [-0.4, -0.2) is 69.4 Å². The molecule has 460 valence electrons. The lowest BCUT2D eigenvalue weighted by atomic mass is 10.0. The monoisotopic (exact) mass is 1130 g/mol. The largest absolute Gasteiger partial charge is 0.756 e. The Morgan fingerprint density at radius 2 is 0.850 bits per heavy atom. The summed E-state index contributed by atoms with van der Waals surface area (Å²) < 4.78 is 30.3. The molecule has 80 heavy (non-hydrogen) atoms. The summed E-state index contributed by atoms with van der Waals surface area (Å²) >= 11 is 0. The van der Waals surface area contributed by atoms with Gasteiger partial charge in [0.05, 0.1) is 33.8 Å². The van der Waals surface area contributed by atoms with E-state index in [0.29, 0.717) is 23.9 Å². The van der Waals surface area contributed by atoms with Gasteiger partial charge in [-0.3, -0.25) is 14.2 Å². The van der Waals surface area contributed by atoms with E-state index >= 15 is 0 Å². The highest BCUT2D eigenvalue weighted by Crippen LogP contribution is 2.38. The fraction of sp³-hybridized carbons (Fsp3) is 0.714. The molecular weight excluding hydrogens is 1010 g/mol. The Labute approximate surface area is 493 Å². The maximum atomic E-state index is 13.6. The molecule has 0 aliphatic rings. The van der Waals surface area contributed by atoms with E-state index in [9.17, 15) is 19.0 Å². The summed E-state index contributed by atoms with van der Waals surface area (Å²) in [6.07, 6.45) is 80.6. The third kappa shape index (κ3) is 59.3. The zero-order valence-corrected chi connectivity index (χ0v) is 53.4. The van der Waals surface area contributed by atoms with Crippen LogP contribution in [0, 0.1) is 0 Å². The second-order valence-corrected chi connectivity index (χ2v) is 24.4. The second kappa shape index (κ2) is 58.9. The molecule has 1 amide bonds. The molecule has 0 rings (SSSR count). The molecule has 10 heteroatoms. The van der Waals surface area contributed by atoms with E-state index < -0.39 is 26.6 Å². The van der Waals surface area contributed by atoms with E-state index in [1.54, 1.807) is 0 Å². The number of rotatable bonds is 58. The zero-order valence-electron chi connectivity index (χ0n) is 52.5. The van der Waals surface area contributed by atoms with Gasteiger partial charge in [-0.25, -0.2) is 0 Å². The predicted molar refractivity (Wildman–Crippen MR) is 344 cm³/mol. The van der Waals surface area contributed by atoms with Gasteiger partial charge in [0, 0.05) is 12.8 Å². The van der Waals surface area contributed by atoms with Gasteiger partial charge >= 0.3 is 5.97 Å². The Bertz CT molecular complexity index is 1740. The van der Waals surface area contributed by atoms with Crippen LogP contribution < -0.4 is 10.2 Å². The van der Waals surface area contributed by atoms with Gasteiger partial charge in [0.25, 0.3) is 7.82 Å². The Morgan fingerprint density at radius 3 is 1.34 bits per heavy atom. The molecule has 1 N–H and O–H groups in total. The van der Waals surface area contributed by atoms with Crippen molar-refractivity contribution in [3.63, 3.8) is 0 Å². The standard InChI is InChI=1S/C70H123N2O7P/c1-7-10-13-16-19-22-25-28-30-32-33-34-35-36-37-38-39-41-42-44-47-50-53-56-59-62-69(73)71-67(66-78-80(75,76)77-65-64-72(4,5)6)68(61-58-55-52-49-46-27-24-21-18-15-12-9-3)79-70(74)63-60-57-54-51-48-45-43-40-31-29-26-23-20-17-14-11-8-2/h11,14,17,19-20,22-23,26,28-31,40,43,45,48,58,61,67-68H,7-10,12-13,15-16,18,21,24-25,27,32-39,41-42,44,46-47,49-57,59-60,62-66H2,1-6H3,(H-,71,73,75,76)/b14-11-,20-17+,22-19-,26-23+,30-28-,31-29-,43-40+,48-45+,61-58-. The molecule has 0 spiro atoms. The van der Waals surface area contributed by atoms with Crippen molar-refractivity contribution in [2.24, 2.45) is 0 Å². The van der Waals surface area contributed by atoms with E-state index in [0.717, 1.165) is 70.6 Å². The van der Waals surface area contributed by atoms with E-state index in [4.69, 9.17) is 13.8 Å². The van der Waals surface area contributed by atoms with Crippen LogP contribution in [0.4, 0.5) is 0 Å². The number of carbonyl (C=O) groups excluding carboxylic acids is 2. The molecular formula is C70H123N2O7P. The van der Waals surface area contributed by atoms with Crippen molar-refractivity contribution in [3.8, 4) is 0 Å². The molecule has 3 atom stereocenters. The molecule has 0 aromatic rings. The highest BCUT2D eigenvalue weighted by molar-refractivity contribution is 7.45. The highest BCUT2D eigenvalue weighted by Gasteiger charge is 2.27. The third-order valence-electron chi connectivity index (χ3n) is 14.1. The van der Waals surface area contributed by atoms with Crippen molar-refractivity contribution < 1.29 is 37.3 Å². The third-order valence-corrected chi connectivity index (χ3v) is 15.1. The normalized spacial score (nSPS) is 14.3. The van der Waals surface area contributed by atoms with Crippen molar-refractivity contribution in [1.82, 2.24) is 5.32 Å². The van der Waals surface area contributed by atoms with Gasteiger partial charge in [0.2, 0.25) is 5.91 Å². The average molecular weight is 1140 g/mol. The number of hydrogen-bond acceptors (Lipinski definition) is 7. The summed E-state index contributed by atoms with van der Waals surface area (Å²) in [5.74, 6) is -0.593. The smallest absolute Gasteiger partial charge is 0.306 e. The maximum Gasteiger partial charge on any atom is 0.306 e. The number of hydrogen-bond donors (Lipinski definition) is 1. The van der Waals surface area contributed by atoms with Crippen molar-refractivity contribution in [1.29, 1.82) is 0 Å². The van der Waals surface area contributed by atoms with Crippen LogP contribution in [0.15, 0.2) is 109 Å².